The van der Waals surface area contributed by atoms with E-state index in [4.69, 9.17) is 0 Å². The first-order chi connectivity index (χ1) is 9.31. The number of amides is 1. The van der Waals surface area contributed by atoms with E-state index in [0.29, 0.717) is 6.54 Å². The Morgan fingerprint density at radius 3 is 2.95 bits per heavy atom. The van der Waals surface area contributed by atoms with Gasteiger partial charge < -0.3 is 10.6 Å². The van der Waals surface area contributed by atoms with Crippen molar-refractivity contribution in [2.24, 2.45) is 0 Å². The summed E-state index contributed by atoms with van der Waals surface area (Å²) in [4.78, 5) is 16.3. The highest BCUT2D eigenvalue weighted by Crippen LogP contribution is 2.10. The second-order valence-corrected chi connectivity index (χ2v) is 5.10. The highest BCUT2D eigenvalue weighted by atomic mass is 32.1. The summed E-state index contributed by atoms with van der Waals surface area (Å²) in [5.41, 5.74) is 1.81. The fourth-order valence-electron chi connectivity index (χ4n) is 1.81. The molecule has 0 saturated heterocycles. The smallest absolute Gasteiger partial charge is 0.251 e. The maximum Gasteiger partial charge on any atom is 0.251 e. The van der Waals surface area contributed by atoms with Gasteiger partial charge in [-0.15, -0.1) is 11.3 Å². The van der Waals surface area contributed by atoms with Crippen molar-refractivity contribution in [3.8, 4) is 0 Å². The van der Waals surface area contributed by atoms with Crippen molar-refractivity contribution in [2.75, 3.05) is 13.6 Å². The van der Waals surface area contributed by atoms with E-state index >= 15 is 0 Å². The normalized spacial score (nSPS) is 10.4. The van der Waals surface area contributed by atoms with Crippen LogP contribution < -0.4 is 10.6 Å². The van der Waals surface area contributed by atoms with Gasteiger partial charge in [0, 0.05) is 17.1 Å². The number of hydrogen-bond donors (Lipinski definition) is 2. The van der Waals surface area contributed by atoms with Gasteiger partial charge in [-0.3, -0.25) is 4.79 Å². The molecule has 100 valence electrons. The first kappa shape index (κ1) is 13.7. The minimum atomic E-state index is -0.0399. The number of carbonyl (C=O) groups excluding carboxylic acids is 1. The molecule has 0 saturated carbocycles. The molecule has 2 N–H and O–H groups in total. The fraction of sp³-hybridized carbons (Fsp3) is 0.286. The Bertz CT molecular complexity index is 525. The van der Waals surface area contributed by atoms with Crippen LogP contribution in [-0.2, 0) is 13.0 Å². The summed E-state index contributed by atoms with van der Waals surface area (Å²) in [5.74, 6) is -0.0399. The lowest BCUT2D eigenvalue weighted by Gasteiger charge is -2.09. The molecule has 1 amide bonds. The van der Waals surface area contributed by atoms with Crippen molar-refractivity contribution in [2.45, 2.75) is 13.0 Å². The third-order valence-electron chi connectivity index (χ3n) is 2.79. The van der Waals surface area contributed by atoms with Crippen molar-refractivity contribution in [1.82, 2.24) is 15.6 Å². The molecule has 1 heterocycles. The summed E-state index contributed by atoms with van der Waals surface area (Å²) in [6.07, 6.45) is 2.59. The number of hydrogen-bond acceptors (Lipinski definition) is 4. The average Bonchev–Trinajstić information content (AvgIpc) is 2.96. The monoisotopic (exact) mass is 275 g/mol. The molecular weight excluding hydrogens is 258 g/mol. The van der Waals surface area contributed by atoms with Crippen LogP contribution in [-0.4, -0.2) is 24.5 Å². The molecule has 0 radical (unpaired) electrons. The van der Waals surface area contributed by atoms with Gasteiger partial charge in [-0.05, 0) is 31.6 Å². The summed E-state index contributed by atoms with van der Waals surface area (Å²) < 4.78 is 0. The number of rotatable bonds is 6. The quantitative estimate of drug-likeness (QED) is 0.845. The molecule has 0 aliphatic heterocycles. The third kappa shape index (κ3) is 3.87. The standard InChI is InChI=1S/C14H17N3OS/c1-15-7-6-11-4-2-3-5-12(11)14(18)17-10-13-16-8-9-19-13/h2-5,8-9,15H,6-7,10H2,1H3,(H,17,18). The Morgan fingerprint density at radius 1 is 1.37 bits per heavy atom. The Labute approximate surface area is 116 Å². The van der Waals surface area contributed by atoms with Crippen molar-refractivity contribution >= 4 is 17.2 Å². The third-order valence-corrected chi connectivity index (χ3v) is 3.57. The zero-order valence-corrected chi connectivity index (χ0v) is 11.7. The number of nitrogens with one attached hydrogen (secondary N) is 2. The van der Waals surface area contributed by atoms with Gasteiger partial charge in [0.25, 0.3) is 5.91 Å². The van der Waals surface area contributed by atoms with E-state index < -0.39 is 0 Å². The molecular formula is C14H17N3OS. The SMILES string of the molecule is CNCCc1ccccc1C(=O)NCc1nccs1. The minimum Gasteiger partial charge on any atom is -0.346 e. The zero-order valence-electron chi connectivity index (χ0n) is 10.8. The van der Waals surface area contributed by atoms with E-state index in [1.165, 1.54) is 0 Å². The van der Waals surface area contributed by atoms with E-state index in [9.17, 15) is 4.79 Å². The molecule has 0 spiro atoms. The van der Waals surface area contributed by atoms with Crippen LogP contribution in [0.5, 0.6) is 0 Å². The van der Waals surface area contributed by atoms with Crippen molar-refractivity contribution < 1.29 is 4.79 Å². The van der Waals surface area contributed by atoms with Gasteiger partial charge in [0.15, 0.2) is 0 Å². The van der Waals surface area contributed by atoms with Crippen LogP contribution in [0.3, 0.4) is 0 Å². The molecule has 2 aromatic rings. The van der Waals surface area contributed by atoms with E-state index in [2.05, 4.69) is 15.6 Å². The van der Waals surface area contributed by atoms with Gasteiger partial charge in [-0.25, -0.2) is 4.98 Å². The van der Waals surface area contributed by atoms with Crippen LogP contribution in [0, 0.1) is 0 Å². The molecule has 0 unspecified atom stereocenters. The minimum absolute atomic E-state index is 0.0399. The summed E-state index contributed by atoms with van der Waals surface area (Å²) >= 11 is 1.54. The first-order valence-electron chi connectivity index (χ1n) is 6.20. The number of thiazole rings is 1. The van der Waals surface area contributed by atoms with Gasteiger partial charge in [-0.2, -0.15) is 0 Å². The molecule has 0 aliphatic rings. The summed E-state index contributed by atoms with van der Waals surface area (Å²) in [7, 11) is 1.91. The van der Waals surface area contributed by atoms with Crippen LogP contribution >= 0.6 is 11.3 Å². The lowest BCUT2D eigenvalue weighted by Crippen LogP contribution is -2.24. The van der Waals surface area contributed by atoms with Crippen LogP contribution in [0.25, 0.3) is 0 Å². The number of nitrogens with zero attached hydrogens (tertiary/aromatic N) is 1. The number of aromatic nitrogens is 1. The van der Waals surface area contributed by atoms with Crippen molar-refractivity contribution in [1.29, 1.82) is 0 Å². The topological polar surface area (TPSA) is 54.0 Å². The molecule has 0 fully saturated rings. The van der Waals surface area contributed by atoms with Gasteiger partial charge in [0.2, 0.25) is 0 Å². The van der Waals surface area contributed by atoms with Crippen LogP contribution in [0.1, 0.15) is 20.9 Å². The molecule has 19 heavy (non-hydrogen) atoms. The first-order valence-corrected chi connectivity index (χ1v) is 7.08. The van der Waals surface area contributed by atoms with Crippen LogP contribution in [0.15, 0.2) is 35.8 Å². The average molecular weight is 275 g/mol. The predicted molar refractivity (Wildman–Crippen MR) is 77.4 cm³/mol. The second kappa shape index (κ2) is 7.01. The highest BCUT2D eigenvalue weighted by Gasteiger charge is 2.10. The van der Waals surface area contributed by atoms with Gasteiger partial charge >= 0.3 is 0 Å². The lowest BCUT2D eigenvalue weighted by molar-refractivity contribution is 0.0950. The maximum atomic E-state index is 12.2. The molecule has 1 aromatic carbocycles. The van der Waals surface area contributed by atoms with Crippen LogP contribution in [0.2, 0.25) is 0 Å². The fourth-order valence-corrected chi connectivity index (χ4v) is 2.37. The van der Waals surface area contributed by atoms with Crippen molar-refractivity contribution in [3.63, 3.8) is 0 Å². The van der Waals surface area contributed by atoms with Gasteiger partial charge in [-0.1, -0.05) is 18.2 Å². The van der Waals surface area contributed by atoms with Crippen molar-refractivity contribution in [3.05, 3.63) is 52.0 Å². The molecule has 4 nitrogen and oxygen atoms in total. The number of likely N-dealkylation sites (N-methyl/N-ethyl adjacent to an activating group) is 1. The Hall–Kier alpha value is -1.72. The summed E-state index contributed by atoms with van der Waals surface area (Å²) in [6.45, 7) is 1.34. The summed E-state index contributed by atoms with van der Waals surface area (Å²) in [5, 5.41) is 8.83. The van der Waals surface area contributed by atoms with E-state index in [0.717, 1.165) is 29.1 Å². The Morgan fingerprint density at radius 2 is 2.21 bits per heavy atom. The van der Waals surface area contributed by atoms with E-state index in [-0.39, 0.29) is 5.91 Å². The Kier molecular flexibility index (Phi) is 5.06. The molecule has 0 aliphatic carbocycles. The largest absolute Gasteiger partial charge is 0.346 e. The van der Waals surface area contributed by atoms with Gasteiger partial charge in [0.05, 0.1) is 6.54 Å². The van der Waals surface area contributed by atoms with E-state index in [1.54, 1.807) is 17.5 Å². The second-order valence-electron chi connectivity index (χ2n) is 4.12. The summed E-state index contributed by atoms with van der Waals surface area (Å²) in [6, 6.07) is 7.71. The molecule has 5 heteroatoms. The number of benzene rings is 1. The lowest BCUT2D eigenvalue weighted by atomic mass is 10.0. The van der Waals surface area contributed by atoms with Gasteiger partial charge in [0.1, 0.15) is 5.01 Å². The Balaban J connectivity index is 2.01. The molecule has 1 aromatic heterocycles. The predicted octanol–water partition coefficient (Wildman–Crippen LogP) is 1.83. The number of carbonyl (C=O) groups is 1. The molecule has 0 bridgehead atoms. The molecule has 2 rings (SSSR count). The van der Waals surface area contributed by atoms with E-state index in [1.807, 2.05) is 36.7 Å². The van der Waals surface area contributed by atoms with Crippen LogP contribution in [0.4, 0.5) is 0 Å². The zero-order chi connectivity index (χ0) is 13.5. The molecule has 0 atom stereocenters. The maximum absolute atomic E-state index is 12.2. The highest BCUT2D eigenvalue weighted by molar-refractivity contribution is 7.09.